The van der Waals surface area contributed by atoms with Gasteiger partial charge in [0.05, 0.1) is 12.2 Å². The van der Waals surface area contributed by atoms with Gasteiger partial charge in [0.1, 0.15) is 5.25 Å². The molecule has 1 fully saturated rings. The van der Waals surface area contributed by atoms with Crippen molar-refractivity contribution in [3.63, 3.8) is 0 Å². The molecule has 0 bridgehead atoms. The molecule has 0 saturated carbocycles. The number of aliphatic imine (C=N–C) groups is 1. The third-order valence-corrected chi connectivity index (χ3v) is 5.34. The van der Waals surface area contributed by atoms with Crippen LogP contribution in [0.25, 0.3) is 0 Å². The third-order valence-electron chi connectivity index (χ3n) is 4.17. The quantitative estimate of drug-likeness (QED) is 0.856. The standard InChI is InChI=1S/C19H17N3O4S/c20-17(23)9-16-18(24)22(19(27-16)21-13-4-2-1-3-5-13)10-12-6-7-14-15(8-12)26-11-25-14/h1-8,16H,9-11H2,(H2,20,23)/t16-/m1/s1. The van der Waals surface area contributed by atoms with E-state index in [9.17, 15) is 9.59 Å². The Balaban J connectivity index is 1.62. The van der Waals surface area contributed by atoms with Gasteiger partial charge in [-0.2, -0.15) is 0 Å². The second kappa shape index (κ2) is 7.32. The van der Waals surface area contributed by atoms with Crippen molar-refractivity contribution >= 4 is 34.4 Å². The second-order valence-corrected chi connectivity index (χ2v) is 7.29. The number of thioether (sulfide) groups is 1. The highest BCUT2D eigenvalue weighted by atomic mass is 32.2. The minimum Gasteiger partial charge on any atom is -0.454 e. The van der Waals surface area contributed by atoms with E-state index in [0.29, 0.717) is 23.2 Å². The molecule has 0 aliphatic carbocycles. The highest BCUT2D eigenvalue weighted by Crippen LogP contribution is 2.36. The summed E-state index contributed by atoms with van der Waals surface area (Å²) in [7, 11) is 0. The van der Waals surface area contributed by atoms with Crippen molar-refractivity contribution < 1.29 is 19.1 Å². The maximum atomic E-state index is 12.8. The molecular formula is C19H17N3O4S. The zero-order valence-corrected chi connectivity index (χ0v) is 15.1. The van der Waals surface area contributed by atoms with Crippen LogP contribution in [0.15, 0.2) is 53.5 Å². The molecule has 27 heavy (non-hydrogen) atoms. The van der Waals surface area contributed by atoms with Crippen molar-refractivity contribution in [2.24, 2.45) is 10.7 Å². The van der Waals surface area contributed by atoms with Crippen LogP contribution in [0.1, 0.15) is 12.0 Å². The molecular weight excluding hydrogens is 366 g/mol. The average Bonchev–Trinajstić information content (AvgIpc) is 3.22. The van der Waals surface area contributed by atoms with Gasteiger partial charge in [-0.05, 0) is 29.8 Å². The van der Waals surface area contributed by atoms with Crippen molar-refractivity contribution in [3.05, 3.63) is 54.1 Å². The molecule has 1 saturated heterocycles. The first-order valence-corrected chi connectivity index (χ1v) is 9.27. The van der Waals surface area contributed by atoms with Crippen LogP contribution < -0.4 is 15.2 Å². The van der Waals surface area contributed by atoms with Gasteiger partial charge in [0, 0.05) is 6.42 Å². The van der Waals surface area contributed by atoms with E-state index >= 15 is 0 Å². The van der Waals surface area contributed by atoms with E-state index in [-0.39, 0.29) is 19.1 Å². The van der Waals surface area contributed by atoms with E-state index < -0.39 is 11.2 Å². The summed E-state index contributed by atoms with van der Waals surface area (Å²) in [6.07, 6.45) is -0.0189. The predicted molar refractivity (Wildman–Crippen MR) is 102 cm³/mol. The van der Waals surface area contributed by atoms with Gasteiger partial charge in [0.2, 0.25) is 18.6 Å². The lowest BCUT2D eigenvalue weighted by Crippen LogP contribution is -2.33. The van der Waals surface area contributed by atoms with Crippen LogP contribution in [0.5, 0.6) is 11.5 Å². The zero-order chi connectivity index (χ0) is 18.8. The smallest absolute Gasteiger partial charge is 0.242 e. The summed E-state index contributed by atoms with van der Waals surface area (Å²) >= 11 is 1.26. The number of amides is 2. The molecule has 138 valence electrons. The van der Waals surface area contributed by atoms with Crippen LogP contribution in [0.2, 0.25) is 0 Å². The summed E-state index contributed by atoms with van der Waals surface area (Å²) < 4.78 is 10.7. The maximum Gasteiger partial charge on any atom is 0.242 e. The molecule has 8 heteroatoms. The number of carbonyl (C=O) groups is 2. The second-order valence-electron chi connectivity index (χ2n) is 6.12. The molecule has 7 nitrogen and oxygen atoms in total. The lowest BCUT2D eigenvalue weighted by Gasteiger charge is -2.17. The summed E-state index contributed by atoms with van der Waals surface area (Å²) in [6.45, 7) is 0.516. The summed E-state index contributed by atoms with van der Waals surface area (Å²) in [5.74, 6) is 0.656. The van der Waals surface area contributed by atoms with Crippen molar-refractivity contribution in [2.45, 2.75) is 18.2 Å². The van der Waals surface area contributed by atoms with Crippen LogP contribution >= 0.6 is 11.8 Å². The number of ether oxygens (including phenoxy) is 2. The summed E-state index contributed by atoms with van der Waals surface area (Å²) in [4.78, 5) is 30.3. The molecule has 0 unspecified atom stereocenters. The number of carbonyl (C=O) groups excluding carboxylic acids is 2. The number of hydrogen-bond donors (Lipinski definition) is 1. The average molecular weight is 383 g/mol. The molecule has 2 aromatic rings. The topological polar surface area (TPSA) is 94.2 Å². The number of para-hydroxylation sites is 1. The number of amidine groups is 1. The molecule has 2 amide bonds. The minimum absolute atomic E-state index is 0.0189. The molecule has 2 heterocycles. The Morgan fingerprint density at radius 3 is 2.74 bits per heavy atom. The fourth-order valence-electron chi connectivity index (χ4n) is 2.89. The summed E-state index contributed by atoms with van der Waals surface area (Å²) in [5.41, 5.74) is 6.92. The van der Waals surface area contributed by atoms with Gasteiger partial charge < -0.3 is 15.2 Å². The number of primary amides is 1. The van der Waals surface area contributed by atoms with Gasteiger partial charge in [-0.15, -0.1) is 0 Å². The van der Waals surface area contributed by atoms with Gasteiger partial charge >= 0.3 is 0 Å². The number of rotatable bonds is 5. The normalized spacial score (nSPS) is 19.7. The van der Waals surface area contributed by atoms with E-state index in [1.165, 1.54) is 11.8 Å². The third kappa shape index (κ3) is 3.75. The van der Waals surface area contributed by atoms with Crippen LogP contribution in [0.3, 0.4) is 0 Å². The minimum atomic E-state index is -0.557. The highest BCUT2D eigenvalue weighted by molar-refractivity contribution is 8.15. The van der Waals surface area contributed by atoms with Gasteiger partial charge in [-0.3, -0.25) is 14.5 Å². The number of benzene rings is 2. The lowest BCUT2D eigenvalue weighted by molar-refractivity contribution is -0.128. The Kier molecular flexibility index (Phi) is 4.72. The maximum absolute atomic E-state index is 12.8. The van der Waals surface area contributed by atoms with E-state index in [0.717, 1.165) is 11.3 Å². The predicted octanol–water partition coefficient (Wildman–Crippen LogP) is 2.42. The van der Waals surface area contributed by atoms with Gasteiger partial charge in [0.25, 0.3) is 0 Å². The van der Waals surface area contributed by atoms with Crippen LogP contribution in [-0.2, 0) is 16.1 Å². The van der Waals surface area contributed by atoms with E-state index in [1.54, 1.807) is 4.90 Å². The lowest BCUT2D eigenvalue weighted by atomic mass is 10.2. The first-order valence-electron chi connectivity index (χ1n) is 8.39. The molecule has 2 N–H and O–H groups in total. The molecule has 0 radical (unpaired) electrons. The zero-order valence-electron chi connectivity index (χ0n) is 14.3. The van der Waals surface area contributed by atoms with Crippen LogP contribution in [-0.4, -0.2) is 33.9 Å². The SMILES string of the molecule is NC(=O)C[C@H]1SC(=Nc2ccccc2)N(Cc2ccc3c(c2)OCO3)C1=O. The fourth-order valence-corrected chi connectivity index (χ4v) is 4.06. The van der Waals surface area contributed by atoms with E-state index in [1.807, 2.05) is 48.5 Å². The van der Waals surface area contributed by atoms with E-state index in [4.69, 9.17) is 15.2 Å². The molecule has 0 aromatic heterocycles. The Morgan fingerprint density at radius 1 is 1.19 bits per heavy atom. The molecule has 2 aromatic carbocycles. The Bertz CT molecular complexity index is 916. The van der Waals surface area contributed by atoms with Gasteiger partial charge in [-0.25, -0.2) is 4.99 Å². The van der Waals surface area contributed by atoms with Crippen molar-refractivity contribution in [2.75, 3.05) is 6.79 Å². The number of nitrogens with zero attached hydrogens (tertiary/aromatic N) is 2. The Morgan fingerprint density at radius 2 is 1.96 bits per heavy atom. The Labute approximate surface area is 160 Å². The number of nitrogens with two attached hydrogens (primary N) is 1. The van der Waals surface area contributed by atoms with Gasteiger partial charge in [-0.1, -0.05) is 36.0 Å². The van der Waals surface area contributed by atoms with Crippen LogP contribution in [0.4, 0.5) is 5.69 Å². The van der Waals surface area contributed by atoms with Gasteiger partial charge in [0.15, 0.2) is 16.7 Å². The Hall–Kier alpha value is -3.00. The highest BCUT2D eigenvalue weighted by Gasteiger charge is 2.39. The molecule has 2 aliphatic heterocycles. The molecule has 4 rings (SSSR count). The summed E-state index contributed by atoms with van der Waals surface area (Å²) in [6, 6.07) is 14.9. The molecule has 2 aliphatic rings. The van der Waals surface area contributed by atoms with Crippen molar-refractivity contribution in [1.29, 1.82) is 0 Å². The molecule has 1 atom stereocenters. The fraction of sp³-hybridized carbons (Fsp3) is 0.211. The van der Waals surface area contributed by atoms with Crippen molar-refractivity contribution in [1.82, 2.24) is 4.90 Å². The molecule has 0 spiro atoms. The number of hydrogen-bond acceptors (Lipinski definition) is 6. The van der Waals surface area contributed by atoms with Crippen molar-refractivity contribution in [3.8, 4) is 11.5 Å². The first-order chi connectivity index (χ1) is 13.1. The van der Waals surface area contributed by atoms with E-state index in [2.05, 4.69) is 4.99 Å². The van der Waals surface area contributed by atoms with Crippen LogP contribution in [0, 0.1) is 0 Å². The monoisotopic (exact) mass is 383 g/mol. The number of fused-ring (bicyclic) bond motifs is 1. The largest absolute Gasteiger partial charge is 0.454 e. The first kappa shape index (κ1) is 17.4. The summed E-state index contributed by atoms with van der Waals surface area (Å²) in [5, 5.41) is -0.00547.